The number of fused-ring (bicyclic) bond motifs is 5. The van der Waals surface area contributed by atoms with Gasteiger partial charge in [0.25, 0.3) is 0 Å². The number of hydrogen-bond donors (Lipinski definition) is 2. The molecule has 0 spiro atoms. The SMILES string of the molecule is CC(C)=CCCC(C)(O)C1CC[C@]2(C)C1CCC1[C@@]3(C)CC[C@@H](O)C(C)(C)C3CC[C@]12C. The van der Waals surface area contributed by atoms with E-state index in [0.29, 0.717) is 34.0 Å². The summed E-state index contributed by atoms with van der Waals surface area (Å²) in [6.45, 7) is 19.0. The third kappa shape index (κ3) is 3.40. The number of hydrogen-bond acceptors (Lipinski definition) is 2. The van der Waals surface area contributed by atoms with Crippen molar-refractivity contribution in [1.82, 2.24) is 0 Å². The van der Waals surface area contributed by atoms with Crippen molar-refractivity contribution in [3.8, 4) is 0 Å². The molecule has 0 heterocycles. The normalized spacial score (nSPS) is 49.4. The second kappa shape index (κ2) is 7.84. The lowest BCUT2D eigenvalue weighted by Crippen LogP contribution is -2.64. The van der Waals surface area contributed by atoms with Gasteiger partial charge in [0.05, 0.1) is 11.7 Å². The smallest absolute Gasteiger partial charge is 0.0653 e. The maximum atomic E-state index is 11.6. The van der Waals surface area contributed by atoms with Gasteiger partial charge in [-0.3, -0.25) is 0 Å². The van der Waals surface area contributed by atoms with Gasteiger partial charge in [-0.05, 0) is 130 Å². The Morgan fingerprint density at radius 3 is 2.19 bits per heavy atom. The van der Waals surface area contributed by atoms with Gasteiger partial charge in [-0.15, -0.1) is 0 Å². The van der Waals surface area contributed by atoms with E-state index in [0.717, 1.165) is 25.2 Å². The largest absolute Gasteiger partial charge is 0.393 e. The fourth-order valence-electron chi connectivity index (χ4n) is 10.3. The molecule has 4 aliphatic rings. The summed E-state index contributed by atoms with van der Waals surface area (Å²) in [5.74, 6) is 2.45. The zero-order valence-electron chi connectivity index (χ0n) is 22.4. The predicted octanol–water partition coefficient (Wildman–Crippen LogP) is 7.53. The highest BCUT2D eigenvalue weighted by Gasteiger charge is 2.69. The molecule has 2 nitrogen and oxygen atoms in total. The Hall–Kier alpha value is -0.340. The Labute approximate surface area is 198 Å². The molecule has 4 saturated carbocycles. The Morgan fingerprint density at radius 1 is 0.875 bits per heavy atom. The lowest BCUT2D eigenvalue weighted by atomic mass is 9.35. The first kappa shape index (κ1) is 24.8. The summed E-state index contributed by atoms with van der Waals surface area (Å²) < 4.78 is 0. The van der Waals surface area contributed by atoms with Crippen LogP contribution in [0.3, 0.4) is 0 Å². The van der Waals surface area contributed by atoms with Gasteiger partial charge in [0.1, 0.15) is 0 Å². The van der Waals surface area contributed by atoms with Gasteiger partial charge in [-0.1, -0.05) is 46.3 Å². The van der Waals surface area contributed by atoms with Crippen LogP contribution in [0.4, 0.5) is 0 Å². The van der Waals surface area contributed by atoms with Crippen LogP contribution in [-0.2, 0) is 0 Å². The van der Waals surface area contributed by atoms with E-state index in [2.05, 4.69) is 61.5 Å². The molecule has 0 radical (unpaired) electrons. The van der Waals surface area contributed by atoms with Gasteiger partial charge >= 0.3 is 0 Å². The molecule has 4 aliphatic carbocycles. The highest BCUT2D eigenvalue weighted by molar-refractivity contribution is 5.18. The number of allylic oxidation sites excluding steroid dienone is 2. The highest BCUT2D eigenvalue weighted by atomic mass is 16.3. The van der Waals surface area contributed by atoms with E-state index < -0.39 is 5.60 Å². The quantitative estimate of drug-likeness (QED) is 0.440. The van der Waals surface area contributed by atoms with Gasteiger partial charge in [0.2, 0.25) is 0 Å². The molecule has 9 atom stereocenters. The van der Waals surface area contributed by atoms with Gasteiger partial charge < -0.3 is 10.2 Å². The van der Waals surface area contributed by atoms with E-state index in [1.807, 2.05) is 0 Å². The maximum Gasteiger partial charge on any atom is 0.0653 e. The van der Waals surface area contributed by atoms with Crippen LogP contribution in [0.1, 0.15) is 120 Å². The van der Waals surface area contributed by atoms with Crippen LogP contribution in [-0.4, -0.2) is 21.9 Å². The van der Waals surface area contributed by atoms with Gasteiger partial charge in [-0.25, -0.2) is 0 Å². The van der Waals surface area contributed by atoms with E-state index in [1.54, 1.807) is 0 Å². The van der Waals surface area contributed by atoms with Crippen LogP contribution in [0.15, 0.2) is 11.6 Å². The molecular formula is C30H52O2. The average Bonchev–Trinajstić information content (AvgIpc) is 3.04. The molecular weight excluding hydrogens is 392 g/mol. The van der Waals surface area contributed by atoms with Crippen LogP contribution >= 0.6 is 0 Å². The number of rotatable bonds is 4. The molecule has 5 unspecified atom stereocenters. The molecule has 4 fully saturated rings. The van der Waals surface area contributed by atoms with Crippen molar-refractivity contribution in [2.75, 3.05) is 0 Å². The summed E-state index contributed by atoms with van der Waals surface area (Å²) >= 11 is 0. The number of aliphatic hydroxyl groups excluding tert-OH is 1. The van der Waals surface area contributed by atoms with E-state index in [9.17, 15) is 10.2 Å². The van der Waals surface area contributed by atoms with Crippen molar-refractivity contribution < 1.29 is 10.2 Å². The zero-order chi connectivity index (χ0) is 23.7. The first-order chi connectivity index (χ1) is 14.7. The van der Waals surface area contributed by atoms with E-state index >= 15 is 0 Å². The van der Waals surface area contributed by atoms with Crippen molar-refractivity contribution in [3.05, 3.63) is 11.6 Å². The molecule has 0 aliphatic heterocycles. The Morgan fingerprint density at radius 2 is 1.53 bits per heavy atom. The fraction of sp³-hybridized carbons (Fsp3) is 0.933. The van der Waals surface area contributed by atoms with Gasteiger partial charge in [0.15, 0.2) is 0 Å². The van der Waals surface area contributed by atoms with Gasteiger partial charge in [0, 0.05) is 0 Å². The van der Waals surface area contributed by atoms with E-state index in [4.69, 9.17) is 0 Å². The van der Waals surface area contributed by atoms with Crippen molar-refractivity contribution in [3.63, 3.8) is 0 Å². The van der Waals surface area contributed by atoms with Crippen LogP contribution in [0.2, 0.25) is 0 Å². The average molecular weight is 445 g/mol. The van der Waals surface area contributed by atoms with Crippen molar-refractivity contribution in [1.29, 1.82) is 0 Å². The molecule has 2 N–H and O–H groups in total. The standard InChI is InChI=1S/C30H52O2/c1-20(2)10-9-16-30(8,32)22-13-18-28(6)21(22)11-12-24-27(5)17-15-25(31)26(3,4)23(27)14-19-29(24,28)7/h10,21-25,31-32H,9,11-19H2,1-8H3/t21?,22?,23?,24?,25-,27+,28-,29-,30?/m1/s1. The molecule has 184 valence electrons. The molecule has 0 aromatic carbocycles. The second-order valence-corrected chi connectivity index (χ2v) is 14.4. The minimum absolute atomic E-state index is 0.0267. The Bertz CT molecular complexity index is 746. The highest BCUT2D eigenvalue weighted by Crippen LogP contribution is 2.75. The minimum atomic E-state index is -0.560. The zero-order valence-corrected chi connectivity index (χ0v) is 22.4. The molecule has 0 amide bonds. The molecule has 2 heteroatoms. The van der Waals surface area contributed by atoms with Crippen molar-refractivity contribution >= 4 is 0 Å². The molecule has 0 saturated heterocycles. The molecule has 0 aromatic heterocycles. The monoisotopic (exact) mass is 444 g/mol. The summed E-state index contributed by atoms with van der Waals surface area (Å²) in [7, 11) is 0. The third-order valence-corrected chi connectivity index (χ3v) is 12.4. The fourth-order valence-corrected chi connectivity index (χ4v) is 10.3. The summed E-state index contributed by atoms with van der Waals surface area (Å²) in [4.78, 5) is 0. The van der Waals surface area contributed by atoms with Crippen LogP contribution in [0, 0.1) is 45.3 Å². The van der Waals surface area contributed by atoms with Crippen LogP contribution in [0.5, 0.6) is 0 Å². The molecule has 0 bridgehead atoms. The lowest BCUT2D eigenvalue weighted by Gasteiger charge is -2.70. The lowest BCUT2D eigenvalue weighted by molar-refractivity contribution is -0.225. The Balaban J connectivity index is 1.61. The van der Waals surface area contributed by atoms with Crippen LogP contribution < -0.4 is 0 Å². The van der Waals surface area contributed by atoms with Crippen molar-refractivity contribution in [2.24, 2.45) is 45.3 Å². The summed E-state index contributed by atoms with van der Waals surface area (Å²) in [5.41, 5.74) is 1.84. The maximum absolute atomic E-state index is 11.6. The first-order valence-electron chi connectivity index (χ1n) is 13.7. The number of aliphatic hydroxyl groups is 2. The van der Waals surface area contributed by atoms with Gasteiger partial charge in [-0.2, -0.15) is 0 Å². The van der Waals surface area contributed by atoms with E-state index in [1.165, 1.54) is 50.5 Å². The molecule has 4 rings (SSSR count). The molecule has 0 aromatic rings. The minimum Gasteiger partial charge on any atom is -0.393 e. The molecule has 32 heavy (non-hydrogen) atoms. The topological polar surface area (TPSA) is 40.5 Å². The summed E-state index contributed by atoms with van der Waals surface area (Å²) in [6, 6.07) is 0. The second-order valence-electron chi connectivity index (χ2n) is 14.4. The third-order valence-electron chi connectivity index (χ3n) is 12.4. The first-order valence-corrected chi connectivity index (χ1v) is 13.7. The summed E-state index contributed by atoms with van der Waals surface area (Å²) in [6.07, 6.45) is 13.8. The van der Waals surface area contributed by atoms with Crippen molar-refractivity contribution in [2.45, 2.75) is 131 Å². The Kier molecular flexibility index (Phi) is 6.07. The van der Waals surface area contributed by atoms with Crippen LogP contribution in [0.25, 0.3) is 0 Å². The predicted molar refractivity (Wildman–Crippen MR) is 134 cm³/mol. The van der Waals surface area contributed by atoms with E-state index in [-0.39, 0.29) is 11.5 Å². The summed E-state index contributed by atoms with van der Waals surface area (Å²) in [5, 5.41) is 22.5.